The molecule has 1 atom stereocenters. The van der Waals surface area contributed by atoms with Gasteiger partial charge in [-0.25, -0.2) is 9.79 Å². The highest BCUT2D eigenvalue weighted by atomic mass is 35.5. The van der Waals surface area contributed by atoms with Crippen molar-refractivity contribution in [2.45, 2.75) is 26.5 Å². The number of hydrogen-bond donors (Lipinski definition) is 0. The molecular weight excluding hydrogens is 594 g/mol. The second-order valence-electron chi connectivity index (χ2n) is 9.45. The van der Waals surface area contributed by atoms with Gasteiger partial charge in [0, 0.05) is 22.7 Å². The van der Waals surface area contributed by atoms with Crippen molar-refractivity contribution in [1.29, 1.82) is 0 Å². The van der Waals surface area contributed by atoms with Crippen LogP contribution in [-0.4, -0.2) is 29.2 Å². The van der Waals surface area contributed by atoms with E-state index in [1.807, 2.05) is 12.1 Å². The fourth-order valence-corrected chi connectivity index (χ4v) is 5.92. The number of thiazole rings is 1. The van der Waals surface area contributed by atoms with Crippen molar-refractivity contribution >= 4 is 40.7 Å². The van der Waals surface area contributed by atoms with E-state index in [1.165, 1.54) is 29.9 Å². The largest absolute Gasteiger partial charge is 0.493 e. The molecule has 0 bridgehead atoms. The quantitative estimate of drug-likeness (QED) is 0.148. The predicted octanol–water partition coefficient (Wildman–Crippen LogP) is 4.95. The number of fused-ring (bicyclic) bond motifs is 1. The molecule has 0 fully saturated rings. The van der Waals surface area contributed by atoms with E-state index in [0.717, 1.165) is 16.9 Å². The van der Waals surface area contributed by atoms with Gasteiger partial charge in [-0.15, -0.1) is 0 Å². The summed E-state index contributed by atoms with van der Waals surface area (Å²) >= 11 is 7.14. The Morgan fingerprint density at radius 3 is 2.60 bits per heavy atom. The van der Waals surface area contributed by atoms with E-state index < -0.39 is 22.5 Å². The van der Waals surface area contributed by atoms with Gasteiger partial charge in [-0.2, -0.15) is 0 Å². The maximum absolute atomic E-state index is 14.0. The van der Waals surface area contributed by atoms with Crippen molar-refractivity contribution in [3.8, 4) is 11.5 Å². The van der Waals surface area contributed by atoms with Crippen LogP contribution in [0.1, 0.15) is 36.6 Å². The van der Waals surface area contributed by atoms with Gasteiger partial charge in [0.25, 0.3) is 11.2 Å². The van der Waals surface area contributed by atoms with Gasteiger partial charge in [0.1, 0.15) is 6.61 Å². The van der Waals surface area contributed by atoms with Crippen LogP contribution in [0.5, 0.6) is 11.5 Å². The second kappa shape index (κ2) is 12.6. The summed E-state index contributed by atoms with van der Waals surface area (Å²) in [6, 6.07) is 17.5. The molecule has 1 aliphatic rings. The summed E-state index contributed by atoms with van der Waals surface area (Å²) in [6.45, 7) is 3.66. The molecule has 0 saturated heterocycles. The number of methoxy groups -OCH3 is 1. The summed E-state index contributed by atoms with van der Waals surface area (Å²) in [4.78, 5) is 43.1. The molecule has 4 aromatic rings. The molecule has 12 heteroatoms. The Labute approximate surface area is 254 Å². The van der Waals surface area contributed by atoms with E-state index in [2.05, 4.69) is 4.99 Å². The Hall–Kier alpha value is -4.74. The average Bonchev–Trinajstić information content (AvgIpc) is 3.30. The number of halogens is 1. The molecule has 2 heterocycles. The van der Waals surface area contributed by atoms with Gasteiger partial charge in [0.2, 0.25) is 0 Å². The standard InChI is InChI=1S/C31H26ClN3O7S/c1-4-41-30(37)26-18(2)33-31-34(27(26)20-7-5-9-23(15-20)35(38)39)29(36)25(43-31)16-21-8-6-10-24(40-3)28(21)42-17-19-11-13-22(32)14-12-19/h5-16,27H,4,17H2,1-3H3/b25-16+/t27-/m1/s1. The first-order chi connectivity index (χ1) is 20.7. The van der Waals surface area contributed by atoms with Crippen LogP contribution < -0.4 is 24.4 Å². The minimum atomic E-state index is -0.983. The highest BCUT2D eigenvalue weighted by Gasteiger charge is 2.34. The maximum atomic E-state index is 14.0. The third-order valence-corrected chi connectivity index (χ3v) is 7.96. The summed E-state index contributed by atoms with van der Waals surface area (Å²) in [5.74, 6) is 0.259. The Morgan fingerprint density at radius 1 is 1.16 bits per heavy atom. The minimum absolute atomic E-state index is 0.107. The SMILES string of the molecule is CCOC(=O)C1=C(C)N=c2s/c(=C/c3cccc(OC)c3OCc3ccc(Cl)cc3)c(=O)n2[C@@H]1c1cccc([N+](=O)[O-])c1. The van der Waals surface area contributed by atoms with Gasteiger partial charge in [-0.05, 0) is 49.2 Å². The third kappa shape index (κ3) is 6.08. The first-order valence-electron chi connectivity index (χ1n) is 13.2. The minimum Gasteiger partial charge on any atom is -0.493 e. The number of benzene rings is 3. The number of hydrogen-bond acceptors (Lipinski definition) is 9. The molecule has 0 radical (unpaired) electrons. The number of carbonyl (C=O) groups excluding carboxylic acids is 1. The van der Waals surface area contributed by atoms with Crippen LogP contribution in [0.4, 0.5) is 5.69 Å². The highest BCUT2D eigenvalue weighted by molar-refractivity contribution is 7.07. The van der Waals surface area contributed by atoms with Crippen molar-refractivity contribution < 1.29 is 23.9 Å². The fraction of sp³-hybridized carbons (Fsp3) is 0.194. The summed E-state index contributed by atoms with van der Waals surface area (Å²) in [7, 11) is 1.53. The third-order valence-electron chi connectivity index (χ3n) is 6.73. The number of nitro groups is 1. The lowest BCUT2D eigenvalue weighted by Crippen LogP contribution is -2.40. The maximum Gasteiger partial charge on any atom is 0.338 e. The number of para-hydroxylation sites is 1. The average molecular weight is 620 g/mol. The van der Waals surface area contributed by atoms with Crippen LogP contribution in [0.2, 0.25) is 5.02 Å². The van der Waals surface area contributed by atoms with Crippen molar-refractivity contribution in [2.24, 2.45) is 4.99 Å². The molecule has 0 spiro atoms. The summed E-state index contributed by atoms with van der Waals surface area (Å²) in [6.07, 6.45) is 1.68. The van der Waals surface area contributed by atoms with Gasteiger partial charge in [-0.3, -0.25) is 19.5 Å². The van der Waals surface area contributed by atoms with Crippen LogP contribution in [0.25, 0.3) is 6.08 Å². The molecule has 10 nitrogen and oxygen atoms in total. The Morgan fingerprint density at radius 2 is 1.91 bits per heavy atom. The molecule has 3 aromatic carbocycles. The lowest BCUT2D eigenvalue weighted by molar-refractivity contribution is -0.384. The lowest BCUT2D eigenvalue weighted by atomic mass is 9.95. The van der Waals surface area contributed by atoms with E-state index in [9.17, 15) is 19.7 Å². The van der Waals surface area contributed by atoms with Gasteiger partial charge in [0.15, 0.2) is 16.3 Å². The van der Waals surface area contributed by atoms with E-state index in [-0.39, 0.29) is 24.5 Å². The highest BCUT2D eigenvalue weighted by Crippen LogP contribution is 2.34. The van der Waals surface area contributed by atoms with Crippen molar-refractivity contribution in [3.63, 3.8) is 0 Å². The number of ether oxygens (including phenoxy) is 3. The summed E-state index contributed by atoms with van der Waals surface area (Å²) < 4.78 is 18.7. The number of non-ortho nitro benzene ring substituents is 1. The summed E-state index contributed by atoms with van der Waals surface area (Å²) in [5, 5.41) is 12.2. The molecule has 1 aromatic heterocycles. The number of rotatable bonds is 9. The normalized spacial score (nSPS) is 14.6. The molecule has 0 amide bonds. The topological polar surface area (TPSA) is 122 Å². The van der Waals surface area contributed by atoms with Crippen LogP contribution in [-0.2, 0) is 16.1 Å². The fourth-order valence-electron chi connectivity index (χ4n) is 4.75. The van der Waals surface area contributed by atoms with Gasteiger partial charge in [-0.1, -0.05) is 59.3 Å². The molecular formula is C31H26ClN3O7S. The number of allylic oxidation sites excluding steroid dienone is 1. The molecule has 0 saturated carbocycles. The smallest absolute Gasteiger partial charge is 0.338 e. The number of aromatic nitrogens is 1. The predicted molar refractivity (Wildman–Crippen MR) is 162 cm³/mol. The molecule has 0 unspecified atom stereocenters. The van der Waals surface area contributed by atoms with Crippen LogP contribution in [0, 0.1) is 10.1 Å². The zero-order valence-electron chi connectivity index (χ0n) is 23.4. The molecule has 220 valence electrons. The first-order valence-corrected chi connectivity index (χ1v) is 14.4. The molecule has 0 aliphatic carbocycles. The van der Waals surface area contributed by atoms with E-state index in [4.69, 9.17) is 25.8 Å². The van der Waals surface area contributed by atoms with E-state index in [1.54, 1.807) is 56.3 Å². The first kappa shape index (κ1) is 29.7. The zero-order chi connectivity index (χ0) is 30.7. The number of nitrogens with zero attached hydrogens (tertiary/aromatic N) is 3. The number of esters is 1. The Balaban J connectivity index is 1.65. The number of nitro benzene ring substituents is 1. The van der Waals surface area contributed by atoms with Crippen LogP contribution >= 0.6 is 22.9 Å². The van der Waals surface area contributed by atoms with Crippen molar-refractivity contribution in [2.75, 3.05) is 13.7 Å². The lowest BCUT2D eigenvalue weighted by Gasteiger charge is -2.24. The van der Waals surface area contributed by atoms with Crippen LogP contribution in [0.3, 0.4) is 0 Å². The Bertz CT molecular complexity index is 1930. The summed E-state index contributed by atoms with van der Waals surface area (Å²) in [5.41, 5.74) is 1.75. The van der Waals surface area contributed by atoms with Gasteiger partial charge >= 0.3 is 5.97 Å². The van der Waals surface area contributed by atoms with Gasteiger partial charge < -0.3 is 14.2 Å². The molecule has 1 aliphatic heterocycles. The molecule has 5 rings (SSSR count). The van der Waals surface area contributed by atoms with Gasteiger partial charge in [0.05, 0.1) is 40.5 Å². The monoisotopic (exact) mass is 619 g/mol. The molecule has 0 N–H and O–H groups in total. The zero-order valence-corrected chi connectivity index (χ0v) is 25.0. The van der Waals surface area contributed by atoms with Crippen LogP contribution in [0.15, 0.2) is 87.8 Å². The van der Waals surface area contributed by atoms with Crippen molar-refractivity contribution in [3.05, 3.63) is 130 Å². The number of carbonyl (C=O) groups is 1. The second-order valence-corrected chi connectivity index (χ2v) is 10.9. The van der Waals surface area contributed by atoms with Crippen molar-refractivity contribution in [1.82, 2.24) is 4.57 Å². The van der Waals surface area contributed by atoms with E-state index in [0.29, 0.717) is 42.7 Å². The molecule has 43 heavy (non-hydrogen) atoms. The van der Waals surface area contributed by atoms with E-state index >= 15 is 0 Å². The Kier molecular flexibility index (Phi) is 8.74.